The predicted octanol–water partition coefficient (Wildman–Crippen LogP) is 4.44. The molecule has 1 aromatic carbocycles. The van der Waals surface area contributed by atoms with Gasteiger partial charge in [0.15, 0.2) is 0 Å². The number of nitrogens with zero attached hydrogens (tertiary/aromatic N) is 1. The standard InChI is InChI=1S/C18H24N2O/c1-2-17(18-6-5-13-21-18)19-16-9-7-15(8-10-16)14-20-11-3-4-12-20/h5-10,13,17,19H,2-4,11-12,14H2,1H3. The molecule has 0 saturated carbocycles. The highest BCUT2D eigenvalue weighted by Gasteiger charge is 2.13. The van der Waals surface area contributed by atoms with Crippen LogP contribution in [0.2, 0.25) is 0 Å². The summed E-state index contributed by atoms with van der Waals surface area (Å²) in [6.07, 6.45) is 5.43. The SMILES string of the molecule is CCC(Nc1ccc(CN2CCCC2)cc1)c1ccco1. The van der Waals surface area contributed by atoms with Crippen molar-refractivity contribution in [2.75, 3.05) is 18.4 Å². The van der Waals surface area contributed by atoms with E-state index in [-0.39, 0.29) is 6.04 Å². The lowest BCUT2D eigenvalue weighted by molar-refractivity contribution is 0.331. The first-order valence-electron chi connectivity index (χ1n) is 7.96. The van der Waals surface area contributed by atoms with Gasteiger partial charge >= 0.3 is 0 Å². The second kappa shape index (κ2) is 6.81. The molecule has 2 aromatic rings. The number of rotatable bonds is 6. The molecule has 0 radical (unpaired) electrons. The van der Waals surface area contributed by atoms with Gasteiger partial charge in [-0.1, -0.05) is 19.1 Å². The molecule has 0 spiro atoms. The van der Waals surface area contributed by atoms with E-state index in [1.54, 1.807) is 6.26 Å². The summed E-state index contributed by atoms with van der Waals surface area (Å²) in [5, 5.41) is 3.54. The molecular weight excluding hydrogens is 260 g/mol. The van der Waals surface area contributed by atoms with Gasteiger partial charge in [0, 0.05) is 12.2 Å². The summed E-state index contributed by atoms with van der Waals surface area (Å²) in [5.41, 5.74) is 2.55. The molecular formula is C18H24N2O. The molecule has 1 fully saturated rings. The van der Waals surface area contributed by atoms with Crippen LogP contribution in [-0.2, 0) is 6.54 Å². The minimum absolute atomic E-state index is 0.240. The van der Waals surface area contributed by atoms with Crippen LogP contribution >= 0.6 is 0 Å². The lowest BCUT2D eigenvalue weighted by atomic mass is 10.1. The van der Waals surface area contributed by atoms with Crippen LogP contribution in [0, 0.1) is 0 Å². The molecule has 1 saturated heterocycles. The Bertz CT molecular complexity index is 527. The molecule has 1 aromatic heterocycles. The minimum atomic E-state index is 0.240. The van der Waals surface area contributed by atoms with Gasteiger partial charge in [-0.05, 0) is 62.2 Å². The van der Waals surface area contributed by atoms with Crippen molar-refractivity contribution in [1.82, 2.24) is 4.90 Å². The number of hydrogen-bond donors (Lipinski definition) is 1. The van der Waals surface area contributed by atoms with Gasteiger partial charge in [-0.25, -0.2) is 0 Å². The fraction of sp³-hybridized carbons (Fsp3) is 0.444. The average molecular weight is 284 g/mol. The molecule has 0 bridgehead atoms. The molecule has 1 atom stereocenters. The van der Waals surface area contributed by atoms with Crippen LogP contribution in [0.5, 0.6) is 0 Å². The maximum absolute atomic E-state index is 5.50. The number of hydrogen-bond acceptors (Lipinski definition) is 3. The van der Waals surface area contributed by atoms with Crippen molar-refractivity contribution in [2.45, 2.75) is 38.8 Å². The topological polar surface area (TPSA) is 28.4 Å². The highest BCUT2D eigenvalue weighted by atomic mass is 16.3. The van der Waals surface area contributed by atoms with Crippen molar-refractivity contribution < 1.29 is 4.42 Å². The Balaban J connectivity index is 1.60. The molecule has 2 heterocycles. The summed E-state index contributed by atoms with van der Waals surface area (Å²) >= 11 is 0. The van der Waals surface area contributed by atoms with Crippen molar-refractivity contribution in [3.8, 4) is 0 Å². The van der Waals surface area contributed by atoms with Crippen molar-refractivity contribution in [1.29, 1.82) is 0 Å². The summed E-state index contributed by atoms with van der Waals surface area (Å²) in [4.78, 5) is 2.53. The van der Waals surface area contributed by atoms with Crippen LogP contribution in [0.25, 0.3) is 0 Å². The summed E-state index contributed by atoms with van der Waals surface area (Å²) in [5.74, 6) is 0.999. The second-order valence-electron chi connectivity index (χ2n) is 5.80. The Morgan fingerprint density at radius 1 is 1.14 bits per heavy atom. The quantitative estimate of drug-likeness (QED) is 0.850. The summed E-state index contributed by atoms with van der Waals surface area (Å²) < 4.78 is 5.50. The van der Waals surface area contributed by atoms with E-state index in [4.69, 9.17) is 4.42 Å². The van der Waals surface area contributed by atoms with Crippen LogP contribution < -0.4 is 5.32 Å². The predicted molar refractivity (Wildman–Crippen MR) is 86.3 cm³/mol. The molecule has 1 unspecified atom stereocenters. The minimum Gasteiger partial charge on any atom is -0.467 e. The number of likely N-dealkylation sites (tertiary alicyclic amines) is 1. The van der Waals surface area contributed by atoms with Crippen LogP contribution in [-0.4, -0.2) is 18.0 Å². The van der Waals surface area contributed by atoms with Gasteiger partial charge in [-0.15, -0.1) is 0 Å². The van der Waals surface area contributed by atoms with Gasteiger partial charge in [-0.3, -0.25) is 4.90 Å². The number of benzene rings is 1. The Kier molecular flexibility index (Phi) is 4.61. The van der Waals surface area contributed by atoms with E-state index >= 15 is 0 Å². The lowest BCUT2D eigenvalue weighted by Gasteiger charge is -2.17. The zero-order chi connectivity index (χ0) is 14.5. The summed E-state index contributed by atoms with van der Waals surface area (Å²) in [6, 6.07) is 13.0. The van der Waals surface area contributed by atoms with E-state index in [1.807, 2.05) is 12.1 Å². The lowest BCUT2D eigenvalue weighted by Crippen LogP contribution is -2.18. The number of anilines is 1. The monoisotopic (exact) mass is 284 g/mol. The van der Waals surface area contributed by atoms with Gasteiger partial charge < -0.3 is 9.73 Å². The molecule has 0 amide bonds. The molecule has 1 aliphatic rings. The first-order valence-corrected chi connectivity index (χ1v) is 7.96. The summed E-state index contributed by atoms with van der Waals surface area (Å²) in [6.45, 7) is 5.74. The fourth-order valence-corrected chi connectivity index (χ4v) is 2.97. The van der Waals surface area contributed by atoms with Crippen LogP contribution in [0.4, 0.5) is 5.69 Å². The van der Waals surface area contributed by atoms with E-state index in [9.17, 15) is 0 Å². The van der Waals surface area contributed by atoms with Crippen LogP contribution in [0.15, 0.2) is 47.1 Å². The molecule has 112 valence electrons. The second-order valence-corrected chi connectivity index (χ2v) is 5.80. The fourth-order valence-electron chi connectivity index (χ4n) is 2.97. The summed E-state index contributed by atoms with van der Waals surface area (Å²) in [7, 11) is 0. The Morgan fingerprint density at radius 3 is 2.52 bits per heavy atom. The van der Waals surface area contributed by atoms with Crippen molar-refractivity contribution in [3.63, 3.8) is 0 Å². The third kappa shape index (κ3) is 3.67. The van der Waals surface area contributed by atoms with Gasteiger partial charge in [0.2, 0.25) is 0 Å². The maximum Gasteiger partial charge on any atom is 0.125 e. The third-order valence-corrected chi connectivity index (χ3v) is 4.19. The van der Waals surface area contributed by atoms with Crippen molar-refractivity contribution in [2.24, 2.45) is 0 Å². The van der Waals surface area contributed by atoms with E-state index in [0.717, 1.165) is 24.4 Å². The highest BCUT2D eigenvalue weighted by Crippen LogP contribution is 2.23. The van der Waals surface area contributed by atoms with E-state index in [0.29, 0.717) is 0 Å². The van der Waals surface area contributed by atoms with Gasteiger partial charge in [0.25, 0.3) is 0 Å². The van der Waals surface area contributed by atoms with Crippen molar-refractivity contribution >= 4 is 5.69 Å². The number of nitrogens with one attached hydrogen (secondary N) is 1. The Hall–Kier alpha value is -1.74. The molecule has 1 N–H and O–H groups in total. The zero-order valence-corrected chi connectivity index (χ0v) is 12.7. The molecule has 3 nitrogen and oxygen atoms in total. The smallest absolute Gasteiger partial charge is 0.125 e. The van der Waals surface area contributed by atoms with Gasteiger partial charge in [0.05, 0.1) is 12.3 Å². The van der Waals surface area contributed by atoms with Crippen molar-refractivity contribution in [3.05, 3.63) is 54.0 Å². The maximum atomic E-state index is 5.50. The first-order chi connectivity index (χ1) is 10.3. The van der Waals surface area contributed by atoms with Gasteiger partial charge in [-0.2, -0.15) is 0 Å². The highest BCUT2D eigenvalue weighted by molar-refractivity contribution is 5.46. The Labute approximate surface area is 127 Å². The zero-order valence-electron chi connectivity index (χ0n) is 12.7. The van der Waals surface area contributed by atoms with E-state index in [2.05, 4.69) is 41.4 Å². The molecule has 21 heavy (non-hydrogen) atoms. The normalized spacial score (nSPS) is 17.0. The first kappa shape index (κ1) is 14.2. The molecule has 0 aliphatic carbocycles. The third-order valence-electron chi connectivity index (χ3n) is 4.19. The average Bonchev–Trinajstić information content (AvgIpc) is 3.20. The molecule has 3 heteroatoms. The Morgan fingerprint density at radius 2 is 1.90 bits per heavy atom. The molecule has 3 rings (SSSR count). The van der Waals surface area contributed by atoms with Crippen LogP contribution in [0.3, 0.4) is 0 Å². The number of furan rings is 1. The van der Waals surface area contributed by atoms with Crippen LogP contribution in [0.1, 0.15) is 43.6 Å². The largest absolute Gasteiger partial charge is 0.467 e. The molecule has 1 aliphatic heterocycles. The van der Waals surface area contributed by atoms with Gasteiger partial charge in [0.1, 0.15) is 5.76 Å². The van der Waals surface area contributed by atoms with E-state index < -0.39 is 0 Å². The van der Waals surface area contributed by atoms with E-state index in [1.165, 1.54) is 31.5 Å².